The number of hydrogen-bond donors (Lipinski definition) is 0. The Morgan fingerprint density at radius 1 is 0.417 bits per heavy atom. The zero-order valence-corrected chi connectivity index (χ0v) is 20.9. The third-order valence-corrected chi connectivity index (χ3v) is 9.37. The van der Waals surface area contributed by atoms with Crippen molar-refractivity contribution in [1.82, 2.24) is 0 Å². The first-order valence-corrected chi connectivity index (χ1v) is 13.7. The second-order valence-electron chi connectivity index (χ2n) is 11.7. The molecule has 4 aliphatic rings. The van der Waals surface area contributed by atoms with Crippen LogP contribution in [0.2, 0.25) is 0 Å². The number of rotatable bonds is 6. The topological polar surface area (TPSA) is 0 Å². The van der Waals surface area contributed by atoms with Crippen molar-refractivity contribution in [1.29, 1.82) is 0 Å². The van der Waals surface area contributed by atoms with Crippen LogP contribution in [0, 0.1) is 34.5 Å². The van der Waals surface area contributed by atoms with Crippen LogP contribution in [0.5, 0.6) is 0 Å². The van der Waals surface area contributed by atoms with E-state index in [1.807, 2.05) is 0 Å². The minimum Gasteiger partial charge on any atom is -0.0474 e. The van der Waals surface area contributed by atoms with Gasteiger partial charge >= 0.3 is 0 Å². The molecule has 0 aromatic heterocycles. The highest BCUT2D eigenvalue weighted by atomic mass is 14.7. The Morgan fingerprint density at radius 2 is 0.694 bits per heavy atom. The van der Waals surface area contributed by atoms with E-state index in [4.69, 9.17) is 0 Å². The van der Waals surface area contributed by atoms with Crippen molar-refractivity contribution in [2.45, 2.75) is 38.5 Å². The molecule has 4 aliphatic carbocycles. The number of benzene rings is 4. The summed E-state index contributed by atoms with van der Waals surface area (Å²) >= 11 is 0. The molecule has 0 radical (unpaired) electrons. The summed E-state index contributed by atoms with van der Waals surface area (Å²) in [6, 6.07) is 45.2. The van der Waals surface area contributed by atoms with E-state index in [0.717, 1.165) is 11.8 Å². The summed E-state index contributed by atoms with van der Waals surface area (Å²) in [5, 5.41) is 0. The predicted molar refractivity (Wildman–Crippen MR) is 148 cm³/mol. The van der Waals surface area contributed by atoms with Crippen LogP contribution >= 0.6 is 0 Å². The highest BCUT2D eigenvalue weighted by Gasteiger charge is 2.65. The fourth-order valence-electron chi connectivity index (χ4n) is 8.82. The molecule has 8 rings (SSSR count). The molecule has 4 saturated carbocycles. The molecule has 4 aromatic carbocycles. The summed E-state index contributed by atoms with van der Waals surface area (Å²) in [6.45, 7) is 0. The molecule has 4 aromatic rings. The zero-order chi connectivity index (χ0) is 24.0. The Labute approximate surface area is 216 Å². The van der Waals surface area contributed by atoms with Crippen LogP contribution in [0.4, 0.5) is 0 Å². The maximum Gasteiger partial charge on any atom is 0.0762 e. The Morgan fingerprint density at radius 3 is 0.972 bits per heavy atom. The summed E-state index contributed by atoms with van der Waals surface area (Å²) in [5.74, 6) is 4.80. The van der Waals surface area contributed by atoms with Gasteiger partial charge in [-0.05, 0) is 123 Å². The Balaban J connectivity index is 1.39. The molecule has 0 aliphatic heterocycles. The van der Waals surface area contributed by atoms with Gasteiger partial charge in [-0.25, -0.2) is 0 Å². The molecular weight excluding hydrogens is 432 g/mol. The number of hydrogen-bond acceptors (Lipinski definition) is 0. The van der Waals surface area contributed by atoms with Crippen molar-refractivity contribution in [3.8, 4) is 0 Å². The van der Waals surface area contributed by atoms with Crippen molar-refractivity contribution >= 4 is 0 Å². The molecular formula is C36H34+2. The van der Waals surface area contributed by atoms with E-state index in [1.54, 1.807) is 11.8 Å². The summed E-state index contributed by atoms with van der Waals surface area (Å²) in [4.78, 5) is 0. The van der Waals surface area contributed by atoms with E-state index in [9.17, 15) is 0 Å². The first kappa shape index (κ1) is 21.9. The lowest BCUT2D eigenvalue weighted by Crippen LogP contribution is -2.56. The molecule has 4 fully saturated rings. The van der Waals surface area contributed by atoms with Crippen molar-refractivity contribution < 1.29 is 0 Å². The SMILES string of the molecule is c1ccc([C+](c2ccccc2)C23CC4CC(C2)CC([C+](c2ccccc2)c2ccccc2)(C4)C3)cc1. The van der Waals surface area contributed by atoms with Crippen LogP contribution in [-0.2, 0) is 0 Å². The van der Waals surface area contributed by atoms with Gasteiger partial charge in [-0.15, -0.1) is 0 Å². The molecule has 0 heteroatoms. The summed E-state index contributed by atoms with van der Waals surface area (Å²) < 4.78 is 0. The third kappa shape index (κ3) is 3.58. The van der Waals surface area contributed by atoms with E-state index in [0.29, 0.717) is 0 Å². The molecule has 0 spiro atoms. The predicted octanol–water partition coefficient (Wildman–Crippen LogP) is 8.92. The fourth-order valence-corrected chi connectivity index (χ4v) is 8.82. The molecule has 36 heavy (non-hydrogen) atoms. The molecule has 0 amide bonds. The lowest BCUT2D eigenvalue weighted by molar-refractivity contribution is -0.0870. The summed E-state index contributed by atoms with van der Waals surface area (Å²) in [5.41, 5.74) is 6.12. The van der Waals surface area contributed by atoms with Gasteiger partial charge in [0.1, 0.15) is 0 Å². The average molecular weight is 467 g/mol. The van der Waals surface area contributed by atoms with Gasteiger partial charge in [-0.3, -0.25) is 0 Å². The molecule has 0 atom stereocenters. The third-order valence-electron chi connectivity index (χ3n) is 9.37. The average Bonchev–Trinajstić information content (AvgIpc) is 2.90. The zero-order valence-electron chi connectivity index (χ0n) is 20.9. The molecule has 176 valence electrons. The van der Waals surface area contributed by atoms with Gasteiger partial charge in [-0.1, -0.05) is 0 Å². The molecule has 4 bridgehead atoms. The van der Waals surface area contributed by atoms with E-state index in [1.165, 1.54) is 60.8 Å². The van der Waals surface area contributed by atoms with Crippen LogP contribution in [0.15, 0.2) is 121 Å². The second-order valence-corrected chi connectivity index (χ2v) is 11.7. The van der Waals surface area contributed by atoms with E-state index < -0.39 is 0 Å². The fraction of sp³-hybridized carbons (Fsp3) is 0.278. The van der Waals surface area contributed by atoms with Crippen LogP contribution < -0.4 is 0 Å². The second kappa shape index (κ2) is 8.63. The van der Waals surface area contributed by atoms with Gasteiger partial charge in [0, 0.05) is 71.2 Å². The quantitative estimate of drug-likeness (QED) is 0.249. The molecule has 0 heterocycles. The van der Waals surface area contributed by atoms with Crippen molar-refractivity contribution in [3.63, 3.8) is 0 Å². The van der Waals surface area contributed by atoms with E-state index in [-0.39, 0.29) is 10.8 Å². The summed E-state index contributed by atoms with van der Waals surface area (Å²) in [6.07, 6.45) is 8.01. The van der Waals surface area contributed by atoms with Gasteiger partial charge in [0.25, 0.3) is 0 Å². The van der Waals surface area contributed by atoms with Crippen LogP contribution in [0.1, 0.15) is 60.8 Å². The maximum atomic E-state index is 2.35. The highest BCUT2D eigenvalue weighted by Crippen LogP contribution is 2.72. The molecule has 0 nitrogen and oxygen atoms in total. The van der Waals surface area contributed by atoms with Crippen molar-refractivity contribution in [3.05, 3.63) is 155 Å². The first-order valence-electron chi connectivity index (χ1n) is 13.7. The largest absolute Gasteiger partial charge is 0.0762 e. The minimum absolute atomic E-state index is 0.224. The summed E-state index contributed by atoms with van der Waals surface area (Å²) in [7, 11) is 0. The minimum atomic E-state index is 0.224. The standard InChI is InChI=1S/C36H34/c1-5-13-29(14-6-1)33(30-15-7-2-8-16-30)35-22-27-21-28(23-35)25-36(24-27,26-35)34(31-17-9-3-10-18-31)32-19-11-4-12-20-32/h1-20,27-28H,21-26H2/q+2. The Kier molecular flexibility index (Phi) is 5.24. The van der Waals surface area contributed by atoms with Crippen molar-refractivity contribution in [2.24, 2.45) is 22.7 Å². The smallest absolute Gasteiger partial charge is 0.0474 e. The monoisotopic (exact) mass is 466 g/mol. The van der Waals surface area contributed by atoms with Crippen LogP contribution in [0.25, 0.3) is 0 Å². The first-order chi connectivity index (χ1) is 17.7. The van der Waals surface area contributed by atoms with Crippen LogP contribution in [-0.4, -0.2) is 0 Å². The van der Waals surface area contributed by atoms with Crippen molar-refractivity contribution in [2.75, 3.05) is 0 Å². The van der Waals surface area contributed by atoms with Gasteiger partial charge < -0.3 is 0 Å². The lowest BCUT2D eigenvalue weighted by atomic mass is 9.38. The molecule has 0 unspecified atom stereocenters. The molecule has 0 saturated heterocycles. The lowest BCUT2D eigenvalue weighted by Gasteiger charge is -2.63. The van der Waals surface area contributed by atoms with Gasteiger partial charge in [0.15, 0.2) is 0 Å². The van der Waals surface area contributed by atoms with Gasteiger partial charge in [0.05, 0.1) is 22.3 Å². The highest BCUT2D eigenvalue weighted by molar-refractivity contribution is 5.54. The van der Waals surface area contributed by atoms with Crippen LogP contribution in [0.3, 0.4) is 0 Å². The van der Waals surface area contributed by atoms with E-state index in [2.05, 4.69) is 121 Å². The Bertz CT molecular complexity index is 1100. The van der Waals surface area contributed by atoms with E-state index >= 15 is 0 Å². The Hall–Kier alpha value is -3.38. The molecule has 0 N–H and O–H groups in total. The van der Waals surface area contributed by atoms with Gasteiger partial charge in [-0.2, -0.15) is 0 Å². The van der Waals surface area contributed by atoms with Gasteiger partial charge in [0.2, 0.25) is 0 Å². The normalized spacial score (nSPS) is 28.1. The maximum absolute atomic E-state index is 2.35.